The smallest absolute Gasteiger partial charge is 0.222 e. The van der Waals surface area contributed by atoms with Crippen LogP contribution in [0.25, 0.3) is 0 Å². The molecule has 0 fully saturated rings. The molecular weight excluding hydrogens is 232 g/mol. The average Bonchev–Trinajstić information content (AvgIpc) is 2.58. The number of nitrogens with one attached hydrogen (secondary N) is 1. The minimum atomic E-state index is -0.221. The van der Waals surface area contributed by atoms with Gasteiger partial charge in [-0.05, 0) is 13.8 Å². The van der Waals surface area contributed by atoms with Crippen LogP contribution in [0.1, 0.15) is 23.4 Å². The number of hydrogen-bond acceptors (Lipinski definition) is 4. The predicted octanol–water partition coefficient (Wildman–Crippen LogP) is 0.0169. The molecule has 1 aromatic heterocycles. The Morgan fingerprint density at radius 1 is 1.56 bits per heavy atom. The van der Waals surface area contributed by atoms with Crippen LogP contribution in [-0.4, -0.2) is 35.4 Å². The molecule has 1 rings (SSSR count). The van der Waals surface area contributed by atoms with Crippen molar-refractivity contribution in [3.63, 3.8) is 0 Å². The zero-order chi connectivity index (χ0) is 13.7. The quantitative estimate of drug-likeness (QED) is 0.749. The molecule has 3 N–H and O–H groups in total. The summed E-state index contributed by atoms with van der Waals surface area (Å²) in [7, 11) is 3.45. The fraction of sp³-hybridized carbons (Fsp3) is 0.667. The van der Waals surface area contributed by atoms with Crippen LogP contribution < -0.4 is 11.1 Å². The number of aryl methyl sites for hydroxylation is 2. The first-order chi connectivity index (χ1) is 8.49. The molecule has 0 bridgehead atoms. The van der Waals surface area contributed by atoms with Gasteiger partial charge in [-0.25, -0.2) is 0 Å². The molecule has 1 aromatic rings. The Kier molecular flexibility index (Phi) is 5.30. The molecule has 18 heavy (non-hydrogen) atoms. The van der Waals surface area contributed by atoms with E-state index in [2.05, 4.69) is 10.4 Å². The summed E-state index contributed by atoms with van der Waals surface area (Å²) in [4.78, 5) is 11.7. The molecule has 6 nitrogen and oxygen atoms in total. The van der Waals surface area contributed by atoms with Gasteiger partial charge in [0.05, 0.1) is 18.2 Å². The number of carbonyl (C=O) groups is 1. The molecule has 6 heteroatoms. The van der Waals surface area contributed by atoms with Crippen molar-refractivity contribution in [3.8, 4) is 0 Å². The number of nitrogens with zero attached hydrogens (tertiary/aromatic N) is 2. The molecule has 1 unspecified atom stereocenters. The Bertz CT molecular complexity index is 410. The SMILES string of the molecule is COC(CN)CC(=O)NCc1c(C)nn(C)c1C. The van der Waals surface area contributed by atoms with Gasteiger partial charge in [-0.1, -0.05) is 0 Å². The summed E-state index contributed by atoms with van der Waals surface area (Å²) in [5, 5.41) is 7.17. The molecule has 0 spiro atoms. The number of ether oxygens (including phenoxy) is 1. The van der Waals surface area contributed by atoms with Gasteiger partial charge in [-0.15, -0.1) is 0 Å². The van der Waals surface area contributed by atoms with Crippen LogP contribution in [0, 0.1) is 13.8 Å². The normalized spacial score (nSPS) is 12.5. The van der Waals surface area contributed by atoms with Gasteiger partial charge in [0.1, 0.15) is 0 Å². The highest BCUT2D eigenvalue weighted by atomic mass is 16.5. The van der Waals surface area contributed by atoms with Crippen LogP contribution in [0.3, 0.4) is 0 Å². The summed E-state index contributed by atoms with van der Waals surface area (Å²) in [6.45, 7) is 4.76. The van der Waals surface area contributed by atoms with E-state index >= 15 is 0 Å². The van der Waals surface area contributed by atoms with Gasteiger partial charge in [-0.2, -0.15) is 5.10 Å². The Morgan fingerprint density at radius 3 is 2.67 bits per heavy atom. The molecule has 0 aliphatic rings. The van der Waals surface area contributed by atoms with Crippen LogP contribution >= 0.6 is 0 Å². The van der Waals surface area contributed by atoms with Gasteiger partial charge in [0, 0.05) is 38.5 Å². The first-order valence-electron chi connectivity index (χ1n) is 5.98. The van der Waals surface area contributed by atoms with Crippen molar-refractivity contribution in [1.29, 1.82) is 0 Å². The summed E-state index contributed by atoms with van der Waals surface area (Å²) < 4.78 is 6.89. The highest BCUT2D eigenvalue weighted by molar-refractivity contribution is 5.76. The Morgan fingerprint density at radius 2 is 2.22 bits per heavy atom. The lowest BCUT2D eigenvalue weighted by atomic mass is 10.2. The molecule has 0 aliphatic carbocycles. The minimum absolute atomic E-state index is 0.0602. The molecule has 0 aromatic carbocycles. The first-order valence-corrected chi connectivity index (χ1v) is 5.98. The summed E-state index contributed by atoms with van der Waals surface area (Å²) >= 11 is 0. The largest absolute Gasteiger partial charge is 0.380 e. The Hall–Kier alpha value is -1.40. The van der Waals surface area contributed by atoms with Gasteiger partial charge in [-0.3, -0.25) is 9.48 Å². The van der Waals surface area contributed by atoms with E-state index in [0.717, 1.165) is 17.0 Å². The van der Waals surface area contributed by atoms with Crippen LogP contribution in [0.2, 0.25) is 0 Å². The topological polar surface area (TPSA) is 82.2 Å². The third kappa shape index (κ3) is 3.54. The van der Waals surface area contributed by atoms with Crippen LogP contribution in [0.15, 0.2) is 0 Å². The number of hydrogen-bond donors (Lipinski definition) is 2. The first kappa shape index (κ1) is 14.7. The second-order valence-electron chi connectivity index (χ2n) is 4.35. The summed E-state index contributed by atoms with van der Waals surface area (Å²) in [6, 6.07) is 0. The predicted molar refractivity (Wildman–Crippen MR) is 69.0 cm³/mol. The number of amides is 1. The maximum Gasteiger partial charge on any atom is 0.222 e. The lowest BCUT2D eigenvalue weighted by Crippen LogP contribution is -2.32. The van der Waals surface area contributed by atoms with Crippen LogP contribution in [0.4, 0.5) is 0 Å². The molecule has 1 atom stereocenters. The van der Waals surface area contributed by atoms with E-state index in [0.29, 0.717) is 13.1 Å². The van der Waals surface area contributed by atoms with Crippen LogP contribution in [0.5, 0.6) is 0 Å². The van der Waals surface area contributed by atoms with Gasteiger partial charge in [0.15, 0.2) is 0 Å². The average molecular weight is 254 g/mol. The molecule has 1 amide bonds. The summed E-state index contributed by atoms with van der Waals surface area (Å²) in [5.41, 5.74) is 8.54. The fourth-order valence-electron chi connectivity index (χ4n) is 1.80. The van der Waals surface area contributed by atoms with Crippen molar-refractivity contribution in [2.24, 2.45) is 12.8 Å². The van der Waals surface area contributed by atoms with Gasteiger partial charge < -0.3 is 15.8 Å². The van der Waals surface area contributed by atoms with E-state index in [4.69, 9.17) is 10.5 Å². The van der Waals surface area contributed by atoms with Crippen molar-refractivity contribution in [2.75, 3.05) is 13.7 Å². The van der Waals surface area contributed by atoms with E-state index < -0.39 is 0 Å². The molecule has 1 heterocycles. The van der Waals surface area contributed by atoms with Crippen molar-refractivity contribution < 1.29 is 9.53 Å². The van der Waals surface area contributed by atoms with E-state index in [1.165, 1.54) is 0 Å². The molecule has 102 valence electrons. The Labute approximate surface area is 107 Å². The maximum absolute atomic E-state index is 11.7. The molecule has 0 saturated heterocycles. The van der Waals surface area contributed by atoms with Gasteiger partial charge >= 0.3 is 0 Å². The lowest BCUT2D eigenvalue weighted by Gasteiger charge is -2.12. The minimum Gasteiger partial charge on any atom is -0.380 e. The molecular formula is C12H22N4O2. The highest BCUT2D eigenvalue weighted by Gasteiger charge is 2.13. The van der Waals surface area contributed by atoms with E-state index in [-0.39, 0.29) is 18.4 Å². The molecule has 0 aliphatic heterocycles. The fourth-order valence-corrected chi connectivity index (χ4v) is 1.80. The van der Waals surface area contributed by atoms with Crippen molar-refractivity contribution in [2.45, 2.75) is 32.9 Å². The van der Waals surface area contributed by atoms with Crippen LogP contribution in [-0.2, 0) is 23.1 Å². The van der Waals surface area contributed by atoms with E-state index in [9.17, 15) is 4.79 Å². The number of rotatable bonds is 6. The Balaban J connectivity index is 2.52. The van der Waals surface area contributed by atoms with E-state index in [1.807, 2.05) is 25.6 Å². The van der Waals surface area contributed by atoms with Gasteiger partial charge in [0.2, 0.25) is 5.91 Å². The summed E-state index contributed by atoms with van der Waals surface area (Å²) in [5.74, 6) is -0.0602. The maximum atomic E-state index is 11.7. The zero-order valence-electron chi connectivity index (χ0n) is 11.5. The van der Waals surface area contributed by atoms with Crippen molar-refractivity contribution in [1.82, 2.24) is 15.1 Å². The summed E-state index contributed by atoms with van der Waals surface area (Å²) in [6.07, 6.45) is 0.0619. The number of nitrogens with two attached hydrogens (primary N) is 1. The number of methoxy groups -OCH3 is 1. The molecule has 0 radical (unpaired) electrons. The lowest BCUT2D eigenvalue weighted by molar-refractivity contribution is -0.123. The van der Waals surface area contributed by atoms with Crippen molar-refractivity contribution >= 4 is 5.91 Å². The molecule has 0 saturated carbocycles. The van der Waals surface area contributed by atoms with Crippen molar-refractivity contribution in [3.05, 3.63) is 17.0 Å². The highest BCUT2D eigenvalue weighted by Crippen LogP contribution is 2.11. The van der Waals surface area contributed by atoms with Gasteiger partial charge in [0.25, 0.3) is 0 Å². The second-order valence-corrected chi connectivity index (χ2v) is 4.35. The number of aromatic nitrogens is 2. The van der Waals surface area contributed by atoms with E-state index in [1.54, 1.807) is 7.11 Å². The number of carbonyl (C=O) groups excluding carboxylic acids is 1. The standard InChI is InChI=1S/C12H22N4O2/c1-8-11(9(2)16(3)15-8)7-14-12(17)5-10(6-13)18-4/h10H,5-7,13H2,1-4H3,(H,14,17). The third-order valence-electron chi connectivity index (χ3n) is 3.13. The zero-order valence-corrected chi connectivity index (χ0v) is 11.5. The second kappa shape index (κ2) is 6.51. The third-order valence-corrected chi connectivity index (χ3v) is 3.13. The monoisotopic (exact) mass is 254 g/mol.